The van der Waals surface area contributed by atoms with Gasteiger partial charge < -0.3 is 29.2 Å². The van der Waals surface area contributed by atoms with E-state index in [1.807, 2.05) is 6.08 Å². The van der Waals surface area contributed by atoms with Crippen molar-refractivity contribution in [3.05, 3.63) is 143 Å². The summed E-state index contributed by atoms with van der Waals surface area (Å²) in [5.74, 6) is -4.21. The van der Waals surface area contributed by atoms with E-state index in [2.05, 4.69) is 5.32 Å². The molecule has 1 atom stereocenters. The number of halogens is 3. The summed E-state index contributed by atoms with van der Waals surface area (Å²) in [6.45, 7) is 3.85. The molecule has 1 fully saturated rings. The molecule has 1 unspecified atom stereocenters. The molecule has 0 aromatic heterocycles. The van der Waals surface area contributed by atoms with Gasteiger partial charge in [-0.05, 0) is 91.8 Å². The Morgan fingerprint density at radius 1 is 0.783 bits per heavy atom. The first-order chi connectivity index (χ1) is 28.9. The Bertz CT molecular complexity index is 2270. The summed E-state index contributed by atoms with van der Waals surface area (Å²) in [5, 5.41) is 2.77. The van der Waals surface area contributed by atoms with E-state index in [-0.39, 0.29) is 48.8 Å². The normalized spacial score (nSPS) is 16.2. The van der Waals surface area contributed by atoms with Crippen LogP contribution in [0.2, 0.25) is 0 Å². The van der Waals surface area contributed by atoms with E-state index in [1.54, 1.807) is 79.4 Å². The number of esters is 2. The van der Waals surface area contributed by atoms with Crippen molar-refractivity contribution in [2.75, 3.05) is 38.2 Å². The minimum atomic E-state index is -4.53. The maximum atomic E-state index is 13.9. The number of nitrogens with zero attached hydrogens (tertiary/aromatic N) is 1. The fourth-order valence-corrected chi connectivity index (χ4v) is 7.39. The highest BCUT2D eigenvalue weighted by Crippen LogP contribution is 2.44. The Balaban J connectivity index is 1.27. The minimum Gasteiger partial charge on any atom is -0.465 e. The molecule has 2 amide bonds. The third-order valence-corrected chi connectivity index (χ3v) is 10.3. The number of anilines is 1. The van der Waals surface area contributed by atoms with Crippen LogP contribution in [0, 0.1) is 5.92 Å². The number of nitrogens with one attached hydrogen (secondary N) is 1. The second-order valence-electron chi connectivity index (χ2n) is 14.1. The molecule has 312 valence electrons. The molecule has 1 N–H and O–H groups in total. The molecule has 1 aliphatic heterocycles. The summed E-state index contributed by atoms with van der Waals surface area (Å²) in [7, 11) is 0. The fraction of sp³-hybridized carbons (Fsp3) is 0.283. The first-order valence-electron chi connectivity index (χ1n) is 19.5. The first-order valence-corrected chi connectivity index (χ1v) is 19.5. The lowest BCUT2D eigenvalue weighted by molar-refractivity contribution is -0.160. The van der Waals surface area contributed by atoms with Crippen molar-refractivity contribution in [3.8, 4) is 16.9 Å². The molecule has 2 aliphatic rings. The number of hydrogen-bond donors (Lipinski definition) is 1. The number of carbonyl (C=O) groups excluding carboxylic acids is 5. The van der Waals surface area contributed by atoms with Crippen LogP contribution in [0.5, 0.6) is 5.75 Å². The van der Waals surface area contributed by atoms with Gasteiger partial charge in [-0.3, -0.25) is 19.2 Å². The average Bonchev–Trinajstić information content (AvgIpc) is 3.80. The smallest absolute Gasteiger partial charge is 0.465 e. The number of alkyl halides is 3. The lowest BCUT2D eigenvalue weighted by atomic mass is 9.66. The van der Waals surface area contributed by atoms with Crippen molar-refractivity contribution in [2.45, 2.75) is 44.7 Å². The molecule has 0 spiro atoms. The number of rotatable bonds is 13. The molecule has 60 heavy (non-hydrogen) atoms. The summed E-state index contributed by atoms with van der Waals surface area (Å²) in [6.07, 6.45) is 1.25. The van der Waals surface area contributed by atoms with E-state index in [0.29, 0.717) is 35.4 Å². The van der Waals surface area contributed by atoms with E-state index in [4.69, 9.17) is 18.9 Å². The number of ether oxygens (including phenoxy) is 4. The van der Waals surface area contributed by atoms with Crippen LogP contribution >= 0.6 is 0 Å². The molecular formula is C46H43F3N2O9. The van der Waals surface area contributed by atoms with Crippen LogP contribution in [0.15, 0.2) is 121 Å². The highest BCUT2D eigenvalue weighted by Gasteiger charge is 2.47. The molecule has 6 rings (SSSR count). The topological polar surface area (TPSA) is 138 Å². The SMILES string of the molecule is CCOC(=O)C(C(=O)OCC)C1=CC=CCC1(COC(=O)Oc1ccc(NC(=O)c2ccccc2-c2ccc(C(F)(F)F)cc2)c(C(=O)N2CCCC2)c1)c1ccccc1. The highest BCUT2D eigenvalue weighted by molar-refractivity contribution is 6.12. The predicted octanol–water partition coefficient (Wildman–Crippen LogP) is 8.94. The van der Waals surface area contributed by atoms with E-state index in [1.165, 1.54) is 36.4 Å². The van der Waals surface area contributed by atoms with Crippen LogP contribution in [0.4, 0.5) is 23.7 Å². The standard InChI is InChI=1S/C46H43F3N2O9/c1-3-57-42(54)39(43(55)58-4-2)37-18-10-11-25-45(37,31-14-6-5-7-15-31)29-59-44(56)60-33-23-24-38(36(28-33)41(53)51-26-12-13-27-51)50-40(52)35-17-9-8-16-34(35)30-19-21-32(22-20-30)46(47,48)49/h5-11,14-24,28,39H,3-4,12-13,25-27,29H2,1-2H3,(H,50,52). The van der Waals surface area contributed by atoms with Crippen molar-refractivity contribution in [3.63, 3.8) is 0 Å². The van der Waals surface area contributed by atoms with Gasteiger partial charge >= 0.3 is 24.3 Å². The van der Waals surface area contributed by atoms with Gasteiger partial charge in [-0.1, -0.05) is 78.9 Å². The predicted molar refractivity (Wildman–Crippen MR) is 215 cm³/mol. The highest BCUT2D eigenvalue weighted by atomic mass is 19.4. The van der Waals surface area contributed by atoms with Crippen LogP contribution in [0.25, 0.3) is 11.1 Å². The van der Waals surface area contributed by atoms with Crippen molar-refractivity contribution in [1.82, 2.24) is 4.90 Å². The number of hydrogen-bond acceptors (Lipinski definition) is 9. The van der Waals surface area contributed by atoms with Gasteiger partial charge in [0.05, 0.1) is 35.4 Å². The Hall–Kier alpha value is -6.70. The molecule has 1 heterocycles. The Morgan fingerprint density at radius 2 is 1.43 bits per heavy atom. The molecule has 4 aromatic carbocycles. The van der Waals surface area contributed by atoms with Crippen molar-refractivity contribution >= 4 is 35.6 Å². The van der Waals surface area contributed by atoms with Gasteiger partial charge in [0.15, 0.2) is 5.92 Å². The molecule has 11 nitrogen and oxygen atoms in total. The second kappa shape index (κ2) is 18.9. The summed E-state index contributed by atoms with van der Waals surface area (Å²) in [5.41, 5.74) is -0.0761. The van der Waals surface area contributed by atoms with Crippen molar-refractivity contribution < 1.29 is 56.1 Å². The molecule has 1 aliphatic carbocycles. The number of amides is 2. The molecular weight excluding hydrogens is 782 g/mol. The van der Waals surface area contributed by atoms with E-state index in [9.17, 15) is 37.1 Å². The van der Waals surface area contributed by atoms with Crippen LogP contribution in [0.1, 0.15) is 65.0 Å². The second-order valence-corrected chi connectivity index (χ2v) is 14.1. The molecule has 0 radical (unpaired) electrons. The van der Waals surface area contributed by atoms with E-state index < -0.39 is 53.0 Å². The van der Waals surface area contributed by atoms with Gasteiger partial charge in [0.25, 0.3) is 11.8 Å². The maximum Gasteiger partial charge on any atom is 0.513 e. The van der Waals surface area contributed by atoms with Crippen molar-refractivity contribution in [1.29, 1.82) is 0 Å². The summed E-state index contributed by atoms with van der Waals surface area (Å²) >= 11 is 0. The van der Waals surface area contributed by atoms with Gasteiger partial charge in [-0.2, -0.15) is 13.2 Å². The Kier molecular flexibility index (Phi) is 13.5. The molecule has 1 saturated heterocycles. The fourth-order valence-electron chi connectivity index (χ4n) is 7.39. The zero-order valence-corrected chi connectivity index (χ0v) is 33.0. The van der Waals surface area contributed by atoms with Gasteiger partial charge in [0, 0.05) is 18.7 Å². The summed E-state index contributed by atoms with van der Waals surface area (Å²) in [6, 6.07) is 23.9. The minimum absolute atomic E-state index is 0.0137. The number of likely N-dealkylation sites (tertiary alicyclic amines) is 1. The quantitative estimate of drug-likeness (QED) is 0.0606. The largest absolute Gasteiger partial charge is 0.513 e. The molecule has 14 heteroatoms. The van der Waals surface area contributed by atoms with Gasteiger partial charge in [0.2, 0.25) is 0 Å². The lowest BCUT2D eigenvalue weighted by Gasteiger charge is -2.39. The van der Waals surface area contributed by atoms with Crippen LogP contribution < -0.4 is 10.1 Å². The van der Waals surface area contributed by atoms with Crippen LogP contribution in [0.3, 0.4) is 0 Å². The molecule has 0 saturated carbocycles. The molecule has 4 aromatic rings. The lowest BCUT2D eigenvalue weighted by Crippen LogP contribution is -2.44. The van der Waals surface area contributed by atoms with Gasteiger partial charge in [-0.15, -0.1) is 0 Å². The summed E-state index contributed by atoms with van der Waals surface area (Å²) in [4.78, 5) is 69.5. The molecule has 0 bridgehead atoms. The Labute approximate surface area is 344 Å². The van der Waals surface area contributed by atoms with Crippen molar-refractivity contribution in [2.24, 2.45) is 5.92 Å². The number of carbonyl (C=O) groups is 5. The number of allylic oxidation sites excluding steroid dienone is 3. The van der Waals surface area contributed by atoms with E-state index in [0.717, 1.165) is 25.0 Å². The van der Waals surface area contributed by atoms with E-state index >= 15 is 0 Å². The van der Waals surface area contributed by atoms with Crippen LogP contribution in [-0.2, 0) is 35.4 Å². The zero-order chi connectivity index (χ0) is 42.9. The third kappa shape index (κ3) is 9.60. The van der Waals surface area contributed by atoms with Gasteiger partial charge in [-0.25, -0.2) is 4.79 Å². The summed E-state index contributed by atoms with van der Waals surface area (Å²) < 4.78 is 61.7. The monoisotopic (exact) mass is 824 g/mol. The third-order valence-electron chi connectivity index (χ3n) is 10.3. The van der Waals surface area contributed by atoms with Crippen LogP contribution in [-0.4, -0.2) is 67.7 Å². The first kappa shape index (κ1) is 42.9. The maximum absolute atomic E-state index is 13.9. The zero-order valence-electron chi connectivity index (χ0n) is 33.0. The van der Waals surface area contributed by atoms with Gasteiger partial charge in [0.1, 0.15) is 12.4 Å². The Morgan fingerprint density at radius 3 is 2.08 bits per heavy atom. The number of benzene rings is 4. The average molecular weight is 825 g/mol.